The van der Waals surface area contributed by atoms with E-state index in [0.717, 1.165) is 11.8 Å². The van der Waals surface area contributed by atoms with Gasteiger partial charge in [-0.15, -0.1) is 0 Å². The van der Waals surface area contributed by atoms with Crippen LogP contribution < -0.4 is 10.1 Å². The average Bonchev–Trinajstić information content (AvgIpc) is 2.85. The fraction of sp³-hybridized carbons (Fsp3) is 0.538. The summed E-state index contributed by atoms with van der Waals surface area (Å²) in [5.74, 6) is 0.804. The van der Waals surface area contributed by atoms with Crippen LogP contribution in [-0.4, -0.2) is 29.4 Å². The molecule has 0 aliphatic heterocycles. The molecule has 2 atom stereocenters. The minimum atomic E-state index is -0.0993. The van der Waals surface area contributed by atoms with Gasteiger partial charge in [0.15, 0.2) is 0 Å². The van der Waals surface area contributed by atoms with Crippen LogP contribution in [0.5, 0.6) is 5.88 Å². The first-order chi connectivity index (χ1) is 8.76. The first-order valence-electron chi connectivity index (χ1n) is 6.12. The summed E-state index contributed by atoms with van der Waals surface area (Å²) in [5.41, 5.74) is 0.500. The normalized spacial score (nSPS) is 22.8. The van der Waals surface area contributed by atoms with Crippen molar-refractivity contribution in [1.82, 2.24) is 10.3 Å². The molecule has 1 saturated carbocycles. The predicted molar refractivity (Wildman–Crippen MR) is 73.2 cm³/mol. The number of hydrogen-bond acceptors (Lipinski definition) is 3. The van der Waals surface area contributed by atoms with Crippen LogP contribution in [0.15, 0.2) is 18.3 Å². The molecular weight excluding hydrogens is 296 g/mol. The SMILES string of the molecule is COc1ncccc1C(=O)NC1CCCC1CBr. The summed E-state index contributed by atoms with van der Waals surface area (Å²) in [5, 5.41) is 4.01. The standard InChI is InChI=1S/C13H17BrN2O2/c1-18-13-10(5-3-7-15-13)12(17)16-11-6-2-4-9(11)8-14/h3,5,7,9,11H,2,4,6,8H2,1H3,(H,16,17). The van der Waals surface area contributed by atoms with E-state index in [-0.39, 0.29) is 11.9 Å². The Morgan fingerprint density at radius 3 is 3.17 bits per heavy atom. The van der Waals surface area contributed by atoms with Gasteiger partial charge in [0, 0.05) is 17.6 Å². The van der Waals surface area contributed by atoms with E-state index in [1.807, 2.05) is 0 Å². The summed E-state index contributed by atoms with van der Waals surface area (Å²) < 4.78 is 5.10. The number of methoxy groups -OCH3 is 1. The van der Waals surface area contributed by atoms with Gasteiger partial charge in [0.05, 0.1) is 7.11 Å². The van der Waals surface area contributed by atoms with Crippen molar-refractivity contribution in [3.05, 3.63) is 23.9 Å². The molecule has 98 valence electrons. The van der Waals surface area contributed by atoms with Gasteiger partial charge in [0.25, 0.3) is 5.91 Å². The Morgan fingerprint density at radius 2 is 2.44 bits per heavy atom. The highest BCUT2D eigenvalue weighted by Crippen LogP contribution is 2.27. The summed E-state index contributed by atoms with van der Waals surface area (Å²) in [6.45, 7) is 0. The molecule has 0 bridgehead atoms. The Morgan fingerprint density at radius 1 is 1.61 bits per heavy atom. The number of ether oxygens (including phenoxy) is 1. The van der Waals surface area contributed by atoms with Gasteiger partial charge >= 0.3 is 0 Å². The van der Waals surface area contributed by atoms with Gasteiger partial charge < -0.3 is 10.1 Å². The Kier molecular flexibility index (Phi) is 4.58. The predicted octanol–water partition coefficient (Wildman–Crippen LogP) is 2.38. The molecule has 1 fully saturated rings. The van der Waals surface area contributed by atoms with E-state index in [2.05, 4.69) is 26.2 Å². The third kappa shape index (κ3) is 2.83. The van der Waals surface area contributed by atoms with Crippen LogP contribution in [0.2, 0.25) is 0 Å². The molecule has 18 heavy (non-hydrogen) atoms. The van der Waals surface area contributed by atoms with Gasteiger partial charge in [-0.1, -0.05) is 22.4 Å². The number of carbonyl (C=O) groups excluding carboxylic acids is 1. The Bertz CT molecular complexity index is 425. The largest absolute Gasteiger partial charge is 0.480 e. The fourth-order valence-corrected chi connectivity index (χ4v) is 3.16. The van der Waals surface area contributed by atoms with Crippen LogP contribution in [0.1, 0.15) is 29.6 Å². The maximum atomic E-state index is 12.2. The lowest BCUT2D eigenvalue weighted by Gasteiger charge is -2.19. The Balaban J connectivity index is 2.07. The second kappa shape index (κ2) is 6.18. The summed E-state index contributed by atoms with van der Waals surface area (Å²) in [4.78, 5) is 16.2. The minimum absolute atomic E-state index is 0.0993. The van der Waals surface area contributed by atoms with Crippen LogP contribution in [-0.2, 0) is 0 Å². The fourth-order valence-electron chi connectivity index (χ4n) is 2.38. The molecule has 0 saturated heterocycles. The Hall–Kier alpha value is -1.10. The van der Waals surface area contributed by atoms with Crippen molar-refractivity contribution in [2.75, 3.05) is 12.4 Å². The van der Waals surface area contributed by atoms with E-state index in [0.29, 0.717) is 17.4 Å². The van der Waals surface area contributed by atoms with Crippen molar-refractivity contribution in [2.45, 2.75) is 25.3 Å². The lowest BCUT2D eigenvalue weighted by Crippen LogP contribution is -2.38. The van der Waals surface area contributed by atoms with Gasteiger partial charge in [-0.05, 0) is 30.9 Å². The van der Waals surface area contributed by atoms with E-state index in [4.69, 9.17) is 4.74 Å². The number of nitrogens with one attached hydrogen (secondary N) is 1. The zero-order valence-corrected chi connectivity index (χ0v) is 11.9. The maximum absolute atomic E-state index is 12.2. The van der Waals surface area contributed by atoms with Crippen LogP contribution >= 0.6 is 15.9 Å². The number of carbonyl (C=O) groups is 1. The van der Waals surface area contributed by atoms with Gasteiger partial charge in [0.2, 0.25) is 5.88 Å². The number of hydrogen-bond donors (Lipinski definition) is 1. The van der Waals surface area contributed by atoms with Gasteiger partial charge in [-0.25, -0.2) is 4.98 Å². The second-order valence-electron chi connectivity index (χ2n) is 4.49. The van der Waals surface area contributed by atoms with Crippen LogP contribution in [0.3, 0.4) is 0 Å². The lowest BCUT2D eigenvalue weighted by atomic mass is 10.1. The number of halogens is 1. The number of amides is 1. The van der Waals surface area contributed by atoms with Crippen molar-refractivity contribution in [3.63, 3.8) is 0 Å². The highest BCUT2D eigenvalue weighted by molar-refractivity contribution is 9.09. The highest BCUT2D eigenvalue weighted by atomic mass is 79.9. The van der Waals surface area contributed by atoms with E-state index < -0.39 is 0 Å². The molecule has 1 aliphatic carbocycles. The van der Waals surface area contributed by atoms with Crippen molar-refractivity contribution in [1.29, 1.82) is 0 Å². The van der Waals surface area contributed by atoms with Crippen LogP contribution in [0.4, 0.5) is 0 Å². The van der Waals surface area contributed by atoms with Crippen LogP contribution in [0, 0.1) is 5.92 Å². The number of rotatable bonds is 4. The molecular formula is C13H17BrN2O2. The van der Waals surface area contributed by atoms with E-state index in [1.54, 1.807) is 18.3 Å². The second-order valence-corrected chi connectivity index (χ2v) is 5.13. The number of nitrogens with zero attached hydrogens (tertiary/aromatic N) is 1. The maximum Gasteiger partial charge on any atom is 0.256 e. The molecule has 1 heterocycles. The molecule has 1 aromatic heterocycles. The molecule has 4 nitrogen and oxygen atoms in total. The average molecular weight is 313 g/mol. The zero-order chi connectivity index (χ0) is 13.0. The van der Waals surface area contributed by atoms with Crippen molar-refractivity contribution < 1.29 is 9.53 Å². The van der Waals surface area contributed by atoms with Gasteiger partial charge in [-0.3, -0.25) is 4.79 Å². The molecule has 1 amide bonds. The molecule has 0 aromatic carbocycles. The highest BCUT2D eigenvalue weighted by Gasteiger charge is 2.28. The summed E-state index contributed by atoms with van der Waals surface area (Å²) in [6.07, 6.45) is 5.00. The third-order valence-electron chi connectivity index (χ3n) is 3.38. The topological polar surface area (TPSA) is 51.2 Å². The monoisotopic (exact) mass is 312 g/mol. The minimum Gasteiger partial charge on any atom is -0.480 e. The molecule has 2 unspecified atom stereocenters. The molecule has 0 spiro atoms. The smallest absolute Gasteiger partial charge is 0.256 e. The summed E-state index contributed by atoms with van der Waals surface area (Å²) in [7, 11) is 1.52. The number of alkyl halides is 1. The molecule has 0 radical (unpaired) electrons. The first-order valence-corrected chi connectivity index (χ1v) is 7.24. The van der Waals surface area contributed by atoms with Crippen molar-refractivity contribution in [2.24, 2.45) is 5.92 Å². The molecule has 1 aliphatic rings. The molecule has 1 aromatic rings. The van der Waals surface area contributed by atoms with E-state index in [1.165, 1.54) is 20.0 Å². The molecule has 1 N–H and O–H groups in total. The van der Waals surface area contributed by atoms with Crippen LogP contribution in [0.25, 0.3) is 0 Å². The number of pyridine rings is 1. The van der Waals surface area contributed by atoms with Gasteiger partial charge in [-0.2, -0.15) is 0 Å². The lowest BCUT2D eigenvalue weighted by molar-refractivity contribution is 0.0926. The summed E-state index contributed by atoms with van der Waals surface area (Å²) >= 11 is 3.50. The molecule has 5 heteroatoms. The quantitative estimate of drug-likeness (QED) is 0.868. The number of aromatic nitrogens is 1. The van der Waals surface area contributed by atoms with Gasteiger partial charge in [0.1, 0.15) is 5.56 Å². The van der Waals surface area contributed by atoms with Crippen molar-refractivity contribution >= 4 is 21.8 Å². The van der Waals surface area contributed by atoms with E-state index in [9.17, 15) is 4.79 Å². The zero-order valence-electron chi connectivity index (χ0n) is 10.4. The molecule has 2 rings (SSSR count). The third-order valence-corrected chi connectivity index (χ3v) is 4.21. The Labute approximate surface area is 115 Å². The van der Waals surface area contributed by atoms with Crippen molar-refractivity contribution in [3.8, 4) is 5.88 Å². The van der Waals surface area contributed by atoms with E-state index >= 15 is 0 Å². The first kappa shape index (κ1) is 13.3. The summed E-state index contributed by atoms with van der Waals surface area (Å²) in [6, 6.07) is 3.73.